The van der Waals surface area contributed by atoms with Gasteiger partial charge in [-0.2, -0.15) is 0 Å². The zero-order chi connectivity index (χ0) is 12.9. The third-order valence-corrected chi connectivity index (χ3v) is 4.45. The molecule has 2 atom stereocenters. The monoisotopic (exact) mass is 249 g/mol. The zero-order valence-electron chi connectivity index (χ0n) is 11.1. The lowest BCUT2D eigenvalue weighted by atomic mass is 9.85. The predicted molar refractivity (Wildman–Crippen MR) is 66.2 cm³/mol. The highest BCUT2D eigenvalue weighted by Crippen LogP contribution is 2.41. The maximum absolute atomic E-state index is 12.5. The Hall–Kier alpha value is -1.36. The number of nitrogens with zero attached hydrogens (tertiary/aromatic N) is 2. The van der Waals surface area contributed by atoms with Crippen molar-refractivity contribution >= 4 is 5.91 Å². The van der Waals surface area contributed by atoms with Gasteiger partial charge in [0.2, 0.25) is 0 Å². The van der Waals surface area contributed by atoms with E-state index < -0.39 is 0 Å². The average Bonchev–Trinajstić information content (AvgIpc) is 2.96. The summed E-state index contributed by atoms with van der Waals surface area (Å²) in [4.78, 5) is 14.4. The van der Waals surface area contributed by atoms with Crippen LogP contribution in [0.1, 0.15) is 30.1 Å². The molecular weight excluding hydrogens is 230 g/mol. The Labute approximate surface area is 107 Å². The van der Waals surface area contributed by atoms with Crippen molar-refractivity contribution in [2.75, 3.05) is 19.6 Å². The van der Waals surface area contributed by atoms with Gasteiger partial charge in [0.1, 0.15) is 5.76 Å². The second kappa shape index (κ2) is 3.82. The molecule has 1 aromatic heterocycles. The van der Waals surface area contributed by atoms with Crippen LogP contribution in [0.25, 0.3) is 0 Å². The molecule has 0 spiro atoms. The normalized spacial score (nSPS) is 29.6. The van der Waals surface area contributed by atoms with E-state index in [9.17, 15) is 4.79 Å². The van der Waals surface area contributed by atoms with E-state index in [1.54, 1.807) is 13.0 Å². The van der Waals surface area contributed by atoms with Crippen molar-refractivity contribution in [2.45, 2.75) is 26.3 Å². The summed E-state index contributed by atoms with van der Waals surface area (Å²) >= 11 is 0. The number of rotatable bonds is 1. The quantitative estimate of drug-likeness (QED) is 0.808. The minimum atomic E-state index is -0.113. The molecule has 1 amide bonds. The van der Waals surface area contributed by atoms with Crippen molar-refractivity contribution in [3.63, 3.8) is 0 Å². The van der Waals surface area contributed by atoms with Crippen LogP contribution in [0.3, 0.4) is 0 Å². The van der Waals surface area contributed by atoms with Crippen LogP contribution in [0.4, 0.5) is 0 Å². The first kappa shape index (κ1) is 11.7. The fourth-order valence-electron chi connectivity index (χ4n) is 3.37. The van der Waals surface area contributed by atoms with Gasteiger partial charge in [-0.15, -0.1) is 0 Å². The molecule has 5 heteroatoms. The Morgan fingerprint density at radius 2 is 2.33 bits per heavy atom. The Morgan fingerprint density at radius 1 is 1.56 bits per heavy atom. The van der Waals surface area contributed by atoms with Crippen molar-refractivity contribution in [2.24, 2.45) is 11.8 Å². The van der Waals surface area contributed by atoms with E-state index in [2.05, 4.69) is 24.3 Å². The molecule has 2 aliphatic heterocycles. The molecule has 2 unspecified atom stereocenters. The molecule has 0 aromatic carbocycles. The standard InChI is InChI=1S/C13H19N3O2/c1-8-4-11(15-18-8)12(17)16-7-9-5-14-6-10(9)13(16,2)3/h4,9-10,14H,5-7H2,1-3H3. The number of hydrogen-bond acceptors (Lipinski definition) is 4. The van der Waals surface area contributed by atoms with Crippen molar-refractivity contribution < 1.29 is 9.32 Å². The lowest BCUT2D eigenvalue weighted by Crippen LogP contribution is -2.47. The Kier molecular flexibility index (Phi) is 2.48. The summed E-state index contributed by atoms with van der Waals surface area (Å²) in [5.41, 5.74) is 0.312. The first-order chi connectivity index (χ1) is 8.50. The first-order valence-corrected chi connectivity index (χ1v) is 6.46. The van der Waals surface area contributed by atoms with Gasteiger partial charge in [-0.1, -0.05) is 5.16 Å². The second-order valence-corrected chi connectivity index (χ2v) is 5.92. The lowest BCUT2D eigenvalue weighted by molar-refractivity contribution is 0.0593. The number of aryl methyl sites for hydroxylation is 1. The van der Waals surface area contributed by atoms with E-state index in [1.165, 1.54) is 0 Å². The number of carbonyl (C=O) groups excluding carboxylic acids is 1. The van der Waals surface area contributed by atoms with Crippen LogP contribution >= 0.6 is 0 Å². The van der Waals surface area contributed by atoms with Crippen LogP contribution < -0.4 is 5.32 Å². The molecule has 5 nitrogen and oxygen atoms in total. The van der Waals surface area contributed by atoms with Crippen molar-refractivity contribution in [3.8, 4) is 0 Å². The molecule has 1 aromatic rings. The summed E-state index contributed by atoms with van der Waals surface area (Å²) in [6, 6.07) is 1.71. The fraction of sp³-hybridized carbons (Fsp3) is 0.692. The topological polar surface area (TPSA) is 58.4 Å². The average molecular weight is 249 g/mol. The summed E-state index contributed by atoms with van der Waals surface area (Å²) in [5.74, 6) is 1.77. The molecule has 0 saturated carbocycles. The van der Waals surface area contributed by atoms with Crippen LogP contribution in [0.2, 0.25) is 0 Å². The Balaban J connectivity index is 1.87. The number of carbonyl (C=O) groups is 1. The highest BCUT2D eigenvalue weighted by atomic mass is 16.5. The maximum atomic E-state index is 12.5. The molecule has 2 aliphatic rings. The lowest BCUT2D eigenvalue weighted by Gasteiger charge is -2.35. The molecule has 3 rings (SSSR count). The van der Waals surface area contributed by atoms with Crippen LogP contribution in [-0.2, 0) is 0 Å². The Bertz CT molecular complexity index is 480. The van der Waals surface area contributed by atoms with Gasteiger partial charge in [0, 0.05) is 31.2 Å². The number of nitrogens with one attached hydrogen (secondary N) is 1. The fourth-order valence-corrected chi connectivity index (χ4v) is 3.37. The highest BCUT2D eigenvalue weighted by Gasteiger charge is 2.51. The Morgan fingerprint density at radius 3 is 2.94 bits per heavy atom. The molecule has 2 saturated heterocycles. The molecular formula is C13H19N3O2. The number of likely N-dealkylation sites (tertiary alicyclic amines) is 1. The van der Waals surface area contributed by atoms with Crippen LogP contribution in [-0.4, -0.2) is 41.1 Å². The van der Waals surface area contributed by atoms with Gasteiger partial charge >= 0.3 is 0 Å². The van der Waals surface area contributed by atoms with Gasteiger partial charge in [0.15, 0.2) is 5.69 Å². The molecule has 0 radical (unpaired) electrons. The van der Waals surface area contributed by atoms with Gasteiger partial charge < -0.3 is 14.7 Å². The van der Waals surface area contributed by atoms with Crippen molar-refractivity contribution in [1.29, 1.82) is 0 Å². The molecule has 1 N–H and O–H groups in total. The van der Waals surface area contributed by atoms with Gasteiger partial charge in [-0.3, -0.25) is 4.79 Å². The van der Waals surface area contributed by atoms with E-state index in [0.29, 0.717) is 23.3 Å². The molecule has 3 heterocycles. The largest absolute Gasteiger partial charge is 0.361 e. The van der Waals surface area contributed by atoms with Crippen LogP contribution in [0.15, 0.2) is 10.6 Å². The second-order valence-electron chi connectivity index (χ2n) is 5.92. The molecule has 0 aliphatic carbocycles. The first-order valence-electron chi connectivity index (χ1n) is 6.46. The van der Waals surface area contributed by atoms with Crippen LogP contribution in [0, 0.1) is 18.8 Å². The number of amides is 1. The smallest absolute Gasteiger partial charge is 0.276 e. The summed E-state index contributed by atoms with van der Waals surface area (Å²) in [6.07, 6.45) is 0. The number of fused-ring (bicyclic) bond motifs is 1. The van der Waals surface area contributed by atoms with Gasteiger partial charge in [-0.25, -0.2) is 0 Å². The van der Waals surface area contributed by atoms with Gasteiger partial charge in [-0.05, 0) is 32.6 Å². The summed E-state index contributed by atoms with van der Waals surface area (Å²) in [5, 5.41) is 7.25. The summed E-state index contributed by atoms with van der Waals surface area (Å²) in [6.45, 7) is 8.92. The van der Waals surface area contributed by atoms with Gasteiger partial charge in [0.25, 0.3) is 5.91 Å². The molecule has 0 bridgehead atoms. The zero-order valence-corrected chi connectivity index (χ0v) is 11.1. The van der Waals surface area contributed by atoms with E-state index in [-0.39, 0.29) is 11.4 Å². The summed E-state index contributed by atoms with van der Waals surface area (Å²) in [7, 11) is 0. The number of hydrogen-bond donors (Lipinski definition) is 1. The predicted octanol–water partition coefficient (Wildman–Crippen LogP) is 1.05. The minimum absolute atomic E-state index is 0.00810. The van der Waals surface area contributed by atoms with Crippen molar-refractivity contribution in [1.82, 2.24) is 15.4 Å². The molecule has 98 valence electrons. The number of aromatic nitrogens is 1. The van der Waals surface area contributed by atoms with E-state index in [4.69, 9.17) is 4.52 Å². The van der Waals surface area contributed by atoms with E-state index in [1.807, 2.05) is 4.90 Å². The van der Waals surface area contributed by atoms with Crippen LogP contribution in [0.5, 0.6) is 0 Å². The van der Waals surface area contributed by atoms with Crippen molar-refractivity contribution in [3.05, 3.63) is 17.5 Å². The van der Waals surface area contributed by atoms with E-state index in [0.717, 1.165) is 19.6 Å². The minimum Gasteiger partial charge on any atom is -0.361 e. The van der Waals surface area contributed by atoms with Gasteiger partial charge in [0.05, 0.1) is 0 Å². The third-order valence-electron chi connectivity index (χ3n) is 4.45. The molecule has 18 heavy (non-hydrogen) atoms. The van der Waals surface area contributed by atoms with E-state index >= 15 is 0 Å². The molecule has 2 fully saturated rings. The highest BCUT2D eigenvalue weighted by molar-refractivity contribution is 5.93. The third kappa shape index (κ3) is 1.57. The SMILES string of the molecule is Cc1cc(C(=O)N2CC3CNCC3C2(C)C)no1. The maximum Gasteiger partial charge on any atom is 0.276 e. The summed E-state index contributed by atoms with van der Waals surface area (Å²) < 4.78 is 5.00.